The molecule has 5 heteroatoms. The summed E-state index contributed by atoms with van der Waals surface area (Å²) in [6.45, 7) is 2.54. The van der Waals surface area contributed by atoms with Crippen LogP contribution in [0.5, 0.6) is 5.75 Å². The Balaban J connectivity index is 2.66. The predicted octanol–water partition coefficient (Wildman–Crippen LogP) is 3.60. The van der Waals surface area contributed by atoms with E-state index in [1.54, 1.807) is 25.3 Å². The van der Waals surface area contributed by atoms with E-state index in [1.807, 2.05) is 0 Å². The van der Waals surface area contributed by atoms with E-state index in [-0.39, 0.29) is 11.3 Å². The van der Waals surface area contributed by atoms with Crippen LogP contribution in [0.15, 0.2) is 22.7 Å². The first-order valence-electron chi connectivity index (χ1n) is 5.84. The Hall–Kier alpha value is -0.740. The van der Waals surface area contributed by atoms with Gasteiger partial charge in [0.05, 0.1) is 18.1 Å². The number of methoxy groups -OCH3 is 1. The van der Waals surface area contributed by atoms with E-state index in [1.165, 1.54) is 0 Å². The molecule has 1 atom stereocenters. The van der Waals surface area contributed by atoms with Crippen LogP contribution in [-0.2, 0) is 0 Å². The Morgan fingerprint density at radius 2 is 2.28 bits per heavy atom. The number of carbonyl (C=O) groups excluding carboxylic acids is 1. The summed E-state index contributed by atoms with van der Waals surface area (Å²) in [5.74, 6) is 0.502. The summed E-state index contributed by atoms with van der Waals surface area (Å²) in [5.41, 5.74) is 0.551. The summed E-state index contributed by atoms with van der Waals surface area (Å²) in [7, 11) is 1.57. The molecule has 0 saturated heterocycles. The minimum atomic E-state index is -0.150. The van der Waals surface area contributed by atoms with Gasteiger partial charge in [-0.1, -0.05) is 13.3 Å². The van der Waals surface area contributed by atoms with Crippen molar-refractivity contribution in [3.63, 3.8) is 0 Å². The lowest BCUT2D eigenvalue weighted by Gasteiger charge is -2.11. The number of benzene rings is 1. The van der Waals surface area contributed by atoms with Gasteiger partial charge in [-0.2, -0.15) is 0 Å². The van der Waals surface area contributed by atoms with Crippen LogP contribution in [0.2, 0.25) is 0 Å². The number of halogens is 2. The summed E-state index contributed by atoms with van der Waals surface area (Å²) in [4.78, 5) is 12.0. The second kappa shape index (κ2) is 7.64. The van der Waals surface area contributed by atoms with E-state index in [2.05, 4.69) is 28.2 Å². The zero-order chi connectivity index (χ0) is 13.5. The molecule has 0 spiro atoms. The molecule has 18 heavy (non-hydrogen) atoms. The summed E-state index contributed by atoms with van der Waals surface area (Å²) >= 11 is 9.41. The number of carbonyl (C=O) groups is 1. The zero-order valence-electron chi connectivity index (χ0n) is 10.5. The molecule has 0 aliphatic rings. The molecule has 1 amide bonds. The molecule has 1 unspecified atom stereocenters. The molecule has 1 N–H and O–H groups in total. The lowest BCUT2D eigenvalue weighted by atomic mass is 10.2. The van der Waals surface area contributed by atoms with Crippen molar-refractivity contribution in [2.45, 2.75) is 25.1 Å². The first-order valence-corrected chi connectivity index (χ1v) is 7.07. The quantitative estimate of drug-likeness (QED) is 0.807. The average Bonchev–Trinajstić information content (AvgIpc) is 2.37. The molecule has 0 heterocycles. The molecule has 3 nitrogen and oxygen atoms in total. The van der Waals surface area contributed by atoms with Crippen molar-refractivity contribution in [2.75, 3.05) is 13.7 Å². The highest BCUT2D eigenvalue weighted by molar-refractivity contribution is 9.10. The number of ether oxygens (including phenoxy) is 1. The van der Waals surface area contributed by atoms with Gasteiger partial charge in [-0.25, -0.2) is 0 Å². The topological polar surface area (TPSA) is 38.3 Å². The minimum absolute atomic E-state index is 0.0247. The van der Waals surface area contributed by atoms with Gasteiger partial charge in [0.25, 0.3) is 5.91 Å². The van der Waals surface area contributed by atoms with E-state index in [0.717, 1.165) is 17.3 Å². The van der Waals surface area contributed by atoms with Crippen LogP contribution in [0.25, 0.3) is 0 Å². The fourth-order valence-electron chi connectivity index (χ4n) is 1.52. The van der Waals surface area contributed by atoms with Gasteiger partial charge < -0.3 is 10.1 Å². The molecule has 1 aromatic carbocycles. The minimum Gasteiger partial charge on any atom is -0.497 e. The summed E-state index contributed by atoms with van der Waals surface area (Å²) in [5, 5.41) is 2.79. The van der Waals surface area contributed by atoms with Crippen molar-refractivity contribution in [3.8, 4) is 5.75 Å². The van der Waals surface area contributed by atoms with Crippen LogP contribution in [0.1, 0.15) is 30.1 Å². The highest BCUT2D eigenvalue weighted by Gasteiger charge is 2.12. The van der Waals surface area contributed by atoms with E-state index in [4.69, 9.17) is 16.3 Å². The number of rotatable bonds is 6. The molecule has 100 valence electrons. The van der Waals surface area contributed by atoms with Gasteiger partial charge in [-0.3, -0.25) is 4.79 Å². The molecule has 0 radical (unpaired) electrons. The van der Waals surface area contributed by atoms with E-state index in [9.17, 15) is 4.79 Å². The average molecular weight is 335 g/mol. The molecule has 0 bridgehead atoms. The third-order valence-electron chi connectivity index (χ3n) is 2.50. The predicted molar refractivity (Wildman–Crippen MR) is 77.6 cm³/mol. The summed E-state index contributed by atoms with van der Waals surface area (Å²) < 4.78 is 5.84. The third-order valence-corrected chi connectivity index (χ3v) is 3.57. The zero-order valence-corrected chi connectivity index (χ0v) is 12.8. The van der Waals surface area contributed by atoms with Gasteiger partial charge in [0, 0.05) is 11.0 Å². The van der Waals surface area contributed by atoms with Crippen LogP contribution in [-0.4, -0.2) is 24.9 Å². The van der Waals surface area contributed by atoms with Gasteiger partial charge in [-0.15, -0.1) is 11.6 Å². The third kappa shape index (κ3) is 4.50. The van der Waals surface area contributed by atoms with Crippen LogP contribution in [0, 0.1) is 0 Å². The smallest absolute Gasteiger partial charge is 0.252 e. The summed E-state index contributed by atoms with van der Waals surface area (Å²) in [6.07, 6.45) is 1.90. The van der Waals surface area contributed by atoms with Crippen molar-refractivity contribution >= 4 is 33.4 Å². The first kappa shape index (κ1) is 15.3. The van der Waals surface area contributed by atoms with Crippen LogP contribution in [0.3, 0.4) is 0 Å². The van der Waals surface area contributed by atoms with E-state index >= 15 is 0 Å². The van der Waals surface area contributed by atoms with Crippen molar-refractivity contribution in [3.05, 3.63) is 28.2 Å². The fraction of sp³-hybridized carbons (Fsp3) is 0.462. The molecule has 1 aromatic rings. The maximum atomic E-state index is 12.0. The Kier molecular flexibility index (Phi) is 6.50. The standard InChI is InChI=1S/C13H17BrClNO2/c1-3-4-9(15)8-16-13(17)11-7-10(18-2)5-6-12(11)14/h5-7,9H,3-4,8H2,1-2H3,(H,16,17). The van der Waals surface area contributed by atoms with Gasteiger partial charge in [0.2, 0.25) is 0 Å². The second-order valence-electron chi connectivity index (χ2n) is 3.94. The maximum absolute atomic E-state index is 12.0. The van der Waals surface area contributed by atoms with Gasteiger partial charge in [-0.05, 0) is 40.5 Å². The van der Waals surface area contributed by atoms with Crippen molar-refractivity contribution in [1.29, 1.82) is 0 Å². The van der Waals surface area contributed by atoms with E-state index in [0.29, 0.717) is 17.9 Å². The van der Waals surface area contributed by atoms with Crippen molar-refractivity contribution < 1.29 is 9.53 Å². The SMILES string of the molecule is CCCC(Cl)CNC(=O)c1cc(OC)ccc1Br. The molecular weight excluding hydrogens is 318 g/mol. The van der Waals surface area contributed by atoms with Gasteiger partial charge >= 0.3 is 0 Å². The monoisotopic (exact) mass is 333 g/mol. The Morgan fingerprint density at radius 3 is 2.89 bits per heavy atom. The Bertz CT molecular complexity index is 412. The van der Waals surface area contributed by atoms with Crippen LogP contribution in [0.4, 0.5) is 0 Å². The largest absolute Gasteiger partial charge is 0.497 e. The lowest BCUT2D eigenvalue weighted by Crippen LogP contribution is -2.29. The molecular formula is C13H17BrClNO2. The fourth-order valence-corrected chi connectivity index (χ4v) is 2.24. The maximum Gasteiger partial charge on any atom is 0.252 e. The highest BCUT2D eigenvalue weighted by Crippen LogP contribution is 2.22. The van der Waals surface area contributed by atoms with Crippen LogP contribution < -0.4 is 10.1 Å². The number of amides is 1. The molecule has 0 aliphatic carbocycles. The number of hydrogen-bond donors (Lipinski definition) is 1. The van der Waals surface area contributed by atoms with Gasteiger partial charge in [0.1, 0.15) is 5.75 Å². The molecule has 0 saturated carbocycles. The summed E-state index contributed by atoms with van der Waals surface area (Å²) in [6, 6.07) is 5.28. The molecule has 0 aromatic heterocycles. The molecule has 0 fully saturated rings. The molecule has 1 rings (SSSR count). The number of hydrogen-bond acceptors (Lipinski definition) is 2. The number of alkyl halides is 1. The highest BCUT2D eigenvalue weighted by atomic mass is 79.9. The Morgan fingerprint density at radius 1 is 1.56 bits per heavy atom. The molecule has 0 aliphatic heterocycles. The van der Waals surface area contributed by atoms with E-state index < -0.39 is 0 Å². The van der Waals surface area contributed by atoms with Crippen molar-refractivity contribution in [1.82, 2.24) is 5.32 Å². The van der Waals surface area contributed by atoms with Crippen LogP contribution >= 0.6 is 27.5 Å². The Labute approximate surface area is 121 Å². The lowest BCUT2D eigenvalue weighted by molar-refractivity contribution is 0.0952. The second-order valence-corrected chi connectivity index (χ2v) is 5.41. The normalized spacial score (nSPS) is 12.0. The van der Waals surface area contributed by atoms with Gasteiger partial charge in [0.15, 0.2) is 0 Å². The first-order chi connectivity index (χ1) is 8.58. The van der Waals surface area contributed by atoms with Crippen molar-refractivity contribution in [2.24, 2.45) is 0 Å². The number of nitrogens with one attached hydrogen (secondary N) is 1.